The number of halogens is 1. The number of amides is 1. The van der Waals surface area contributed by atoms with Crippen LogP contribution in [-0.2, 0) is 10.0 Å². The summed E-state index contributed by atoms with van der Waals surface area (Å²) in [5, 5.41) is 3.34. The molecule has 27 heavy (non-hydrogen) atoms. The summed E-state index contributed by atoms with van der Waals surface area (Å²) in [6.07, 6.45) is 2.44. The zero-order valence-corrected chi connectivity index (χ0v) is 16.9. The van der Waals surface area contributed by atoms with Crippen LogP contribution in [-0.4, -0.2) is 76.0 Å². The van der Waals surface area contributed by atoms with E-state index in [2.05, 4.69) is 21.5 Å². The highest BCUT2D eigenvalue weighted by atomic mass is 35.5. The van der Waals surface area contributed by atoms with Crippen molar-refractivity contribution in [3.05, 3.63) is 42.5 Å². The minimum absolute atomic E-state index is 0. The lowest BCUT2D eigenvalue weighted by Crippen LogP contribution is -2.49. The maximum Gasteiger partial charge on any atom is 0.253 e. The summed E-state index contributed by atoms with van der Waals surface area (Å²) in [7, 11) is -3.64. The van der Waals surface area contributed by atoms with Gasteiger partial charge in [0.2, 0.25) is 10.0 Å². The molecule has 0 radical (unpaired) electrons. The van der Waals surface area contributed by atoms with Gasteiger partial charge in [-0.25, -0.2) is 13.1 Å². The van der Waals surface area contributed by atoms with Crippen molar-refractivity contribution in [3.8, 4) is 0 Å². The third-order valence-corrected chi connectivity index (χ3v) is 6.35. The number of benzene rings is 1. The molecule has 0 aromatic heterocycles. The van der Waals surface area contributed by atoms with Crippen molar-refractivity contribution in [1.82, 2.24) is 19.8 Å². The fourth-order valence-corrected chi connectivity index (χ4v) is 4.55. The average Bonchev–Trinajstić information content (AvgIpc) is 3.17. The molecule has 0 bridgehead atoms. The molecule has 2 aliphatic rings. The van der Waals surface area contributed by atoms with Crippen LogP contribution < -0.4 is 10.0 Å². The maximum atomic E-state index is 12.8. The number of hydrogen-bond donors (Lipinski definition) is 2. The molecule has 0 saturated carbocycles. The van der Waals surface area contributed by atoms with Crippen molar-refractivity contribution in [2.75, 3.05) is 45.8 Å². The van der Waals surface area contributed by atoms with Gasteiger partial charge in [0, 0.05) is 57.4 Å². The minimum Gasteiger partial charge on any atom is -0.337 e. The van der Waals surface area contributed by atoms with E-state index in [1.54, 1.807) is 12.1 Å². The Hall–Kier alpha value is -1.45. The maximum absolute atomic E-state index is 12.8. The zero-order valence-electron chi connectivity index (χ0n) is 15.3. The van der Waals surface area contributed by atoms with E-state index < -0.39 is 10.0 Å². The SMILES string of the molecule is C=CCNS(=O)(=O)c1cccc(C(=O)N2CCC(N3CCNCC3)C2)c1.Cl. The molecule has 1 aromatic carbocycles. The molecular formula is C18H27ClN4O3S. The lowest BCUT2D eigenvalue weighted by molar-refractivity contribution is 0.0773. The van der Waals surface area contributed by atoms with Crippen LogP contribution in [0.3, 0.4) is 0 Å². The predicted molar refractivity (Wildman–Crippen MR) is 108 cm³/mol. The Morgan fingerprint density at radius 1 is 1.30 bits per heavy atom. The fraction of sp³-hybridized carbons (Fsp3) is 0.500. The van der Waals surface area contributed by atoms with E-state index in [-0.39, 0.29) is 29.8 Å². The summed E-state index contributed by atoms with van der Waals surface area (Å²) in [6, 6.07) is 6.62. The molecule has 0 spiro atoms. The molecule has 1 atom stereocenters. The van der Waals surface area contributed by atoms with Crippen molar-refractivity contribution < 1.29 is 13.2 Å². The third kappa shape index (κ3) is 5.30. The highest BCUT2D eigenvalue weighted by Crippen LogP contribution is 2.20. The number of nitrogens with zero attached hydrogens (tertiary/aromatic N) is 2. The molecule has 2 N–H and O–H groups in total. The van der Waals surface area contributed by atoms with Crippen LogP contribution in [0, 0.1) is 0 Å². The van der Waals surface area contributed by atoms with E-state index in [1.807, 2.05) is 4.90 Å². The van der Waals surface area contributed by atoms with Gasteiger partial charge in [-0.2, -0.15) is 0 Å². The Kier molecular flexibility index (Phi) is 7.81. The van der Waals surface area contributed by atoms with Crippen LogP contribution in [0.2, 0.25) is 0 Å². The van der Waals surface area contributed by atoms with E-state index in [4.69, 9.17) is 0 Å². The third-order valence-electron chi connectivity index (χ3n) is 4.93. The van der Waals surface area contributed by atoms with Crippen molar-refractivity contribution in [1.29, 1.82) is 0 Å². The number of sulfonamides is 1. The van der Waals surface area contributed by atoms with Gasteiger partial charge >= 0.3 is 0 Å². The summed E-state index contributed by atoms with van der Waals surface area (Å²) < 4.78 is 26.9. The molecule has 2 fully saturated rings. The number of nitrogens with one attached hydrogen (secondary N) is 2. The van der Waals surface area contributed by atoms with Gasteiger partial charge in [-0.05, 0) is 24.6 Å². The van der Waals surface area contributed by atoms with Gasteiger partial charge in [-0.3, -0.25) is 9.69 Å². The van der Waals surface area contributed by atoms with E-state index >= 15 is 0 Å². The molecule has 9 heteroatoms. The number of piperazine rings is 1. The Balaban J connectivity index is 0.00000261. The molecule has 3 rings (SSSR count). The molecule has 1 amide bonds. The van der Waals surface area contributed by atoms with Gasteiger partial charge in [-0.15, -0.1) is 19.0 Å². The molecular weight excluding hydrogens is 388 g/mol. The molecule has 2 aliphatic heterocycles. The Morgan fingerprint density at radius 2 is 2.04 bits per heavy atom. The normalized spacial score (nSPS) is 20.9. The van der Waals surface area contributed by atoms with E-state index in [0.717, 1.165) is 32.6 Å². The topological polar surface area (TPSA) is 81.8 Å². The molecule has 2 heterocycles. The van der Waals surface area contributed by atoms with Crippen LogP contribution in [0.4, 0.5) is 0 Å². The predicted octanol–water partition coefficient (Wildman–Crippen LogP) is 0.692. The van der Waals surface area contributed by atoms with E-state index in [0.29, 0.717) is 24.7 Å². The first-order chi connectivity index (χ1) is 12.5. The van der Waals surface area contributed by atoms with Gasteiger partial charge in [0.1, 0.15) is 0 Å². The van der Waals surface area contributed by atoms with Crippen LogP contribution in [0.15, 0.2) is 41.8 Å². The second-order valence-electron chi connectivity index (χ2n) is 6.65. The average molecular weight is 415 g/mol. The fourth-order valence-electron chi connectivity index (χ4n) is 3.50. The molecule has 0 aliphatic carbocycles. The number of hydrogen-bond acceptors (Lipinski definition) is 5. The quantitative estimate of drug-likeness (QED) is 0.669. The monoisotopic (exact) mass is 414 g/mol. The van der Waals surface area contributed by atoms with E-state index in [1.165, 1.54) is 18.2 Å². The van der Waals surface area contributed by atoms with Crippen LogP contribution in [0.25, 0.3) is 0 Å². The van der Waals surface area contributed by atoms with Crippen LogP contribution in [0.1, 0.15) is 16.8 Å². The van der Waals surface area contributed by atoms with Gasteiger partial charge < -0.3 is 10.2 Å². The highest BCUT2D eigenvalue weighted by Gasteiger charge is 2.31. The number of carbonyl (C=O) groups is 1. The number of rotatable bonds is 6. The molecule has 7 nitrogen and oxygen atoms in total. The van der Waals surface area contributed by atoms with Crippen molar-refractivity contribution in [2.24, 2.45) is 0 Å². The Bertz CT molecular complexity index is 766. The summed E-state index contributed by atoms with van der Waals surface area (Å²) >= 11 is 0. The highest BCUT2D eigenvalue weighted by molar-refractivity contribution is 7.89. The molecule has 2 saturated heterocycles. The summed E-state index contributed by atoms with van der Waals surface area (Å²) in [5.74, 6) is -0.108. The van der Waals surface area contributed by atoms with Gasteiger partial charge in [-0.1, -0.05) is 12.1 Å². The summed E-state index contributed by atoms with van der Waals surface area (Å²) in [4.78, 5) is 17.2. The lowest BCUT2D eigenvalue weighted by atomic mass is 10.2. The largest absolute Gasteiger partial charge is 0.337 e. The second-order valence-corrected chi connectivity index (χ2v) is 8.41. The van der Waals surface area contributed by atoms with Gasteiger partial charge in [0.05, 0.1) is 4.90 Å². The van der Waals surface area contributed by atoms with Crippen molar-refractivity contribution >= 4 is 28.3 Å². The Morgan fingerprint density at radius 3 is 2.74 bits per heavy atom. The van der Waals surface area contributed by atoms with Crippen molar-refractivity contribution in [3.63, 3.8) is 0 Å². The number of likely N-dealkylation sites (tertiary alicyclic amines) is 1. The molecule has 1 aromatic rings. The summed E-state index contributed by atoms with van der Waals surface area (Å²) in [6.45, 7) is 9.06. The second kappa shape index (κ2) is 9.66. The smallest absolute Gasteiger partial charge is 0.253 e. The first-order valence-electron chi connectivity index (χ1n) is 8.96. The Labute approximate surface area is 167 Å². The van der Waals surface area contributed by atoms with Gasteiger partial charge in [0.15, 0.2) is 0 Å². The molecule has 150 valence electrons. The first kappa shape index (κ1) is 21.8. The summed E-state index contributed by atoms with van der Waals surface area (Å²) in [5.41, 5.74) is 0.410. The standard InChI is InChI=1S/C18H26N4O3S.ClH/c1-2-7-20-26(24,25)17-5-3-4-15(13-17)18(23)22-10-6-16(14-22)21-11-8-19-9-12-21;/h2-5,13,16,19-20H,1,6-12,14H2;1H. The minimum atomic E-state index is -3.64. The zero-order chi connectivity index (χ0) is 18.6. The van der Waals surface area contributed by atoms with Crippen LogP contribution >= 0.6 is 12.4 Å². The first-order valence-corrected chi connectivity index (χ1v) is 10.4. The van der Waals surface area contributed by atoms with Crippen molar-refractivity contribution in [2.45, 2.75) is 17.4 Å². The molecule has 1 unspecified atom stereocenters. The lowest BCUT2D eigenvalue weighted by Gasteiger charge is -2.32. The van der Waals surface area contributed by atoms with Crippen LogP contribution in [0.5, 0.6) is 0 Å². The van der Waals surface area contributed by atoms with E-state index in [9.17, 15) is 13.2 Å². The van der Waals surface area contributed by atoms with Gasteiger partial charge in [0.25, 0.3) is 5.91 Å². The number of carbonyl (C=O) groups excluding carboxylic acids is 1.